The van der Waals surface area contributed by atoms with Crippen LogP contribution in [0.25, 0.3) is 0 Å². The minimum Gasteiger partial charge on any atom is -0.350 e. The maximum Gasteiger partial charge on any atom is 0.243 e. The summed E-state index contributed by atoms with van der Waals surface area (Å²) >= 11 is 0. The van der Waals surface area contributed by atoms with Crippen LogP contribution >= 0.6 is 0 Å². The van der Waals surface area contributed by atoms with E-state index in [0.717, 1.165) is 0 Å². The molecule has 0 rings (SSSR count). The van der Waals surface area contributed by atoms with Gasteiger partial charge in [0.2, 0.25) is 17.7 Å². The molecule has 3 N–H and O–H groups in total. The van der Waals surface area contributed by atoms with Crippen LogP contribution in [0.15, 0.2) is 0 Å². The fraction of sp³-hybridized carbons (Fsp3) is 0.824. The van der Waals surface area contributed by atoms with Crippen molar-refractivity contribution in [2.24, 2.45) is 11.3 Å². The fourth-order valence-electron chi connectivity index (χ4n) is 1.74. The van der Waals surface area contributed by atoms with Crippen molar-refractivity contribution < 1.29 is 14.4 Å². The average molecular weight is 327 g/mol. The highest BCUT2D eigenvalue weighted by molar-refractivity contribution is 5.93. The first kappa shape index (κ1) is 21.4. The minimum absolute atomic E-state index is 0.0841. The quantitative estimate of drug-likeness (QED) is 0.716. The van der Waals surface area contributed by atoms with Gasteiger partial charge in [-0.2, -0.15) is 0 Å². The SMILES string of the molecule is CC(NC(=O)C(NC(=O)C(C)(C)C)C(C)C)C(=O)NC(C)(C)C. The number of amides is 3. The van der Waals surface area contributed by atoms with Crippen LogP contribution < -0.4 is 16.0 Å². The van der Waals surface area contributed by atoms with Crippen molar-refractivity contribution >= 4 is 17.7 Å². The van der Waals surface area contributed by atoms with Crippen molar-refractivity contribution in [3.05, 3.63) is 0 Å². The number of carbonyl (C=O) groups excluding carboxylic acids is 3. The Morgan fingerprint density at radius 1 is 0.783 bits per heavy atom. The molecule has 6 heteroatoms. The Labute approximate surface area is 140 Å². The Hall–Kier alpha value is -1.59. The van der Waals surface area contributed by atoms with Gasteiger partial charge in [-0.05, 0) is 33.6 Å². The monoisotopic (exact) mass is 327 g/mol. The van der Waals surface area contributed by atoms with Crippen molar-refractivity contribution in [2.75, 3.05) is 0 Å². The lowest BCUT2D eigenvalue weighted by Gasteiger charge is -2.28. The molecule has 0 heterocycles. The third-order valence-corrected chi connectivity index (χ3v) is 3.17. The van der Waals surface area contributed by atoms with Crippen molar-refractivity contribution in [1.82, 2.24) is 16.0 Å². The van der Waals surface area contributed by atoms with Gasteiger partial charge in [0.05, 0.1) is 0 Å². The Kier molecular flexibility index (Phi) is 7.26. The second-order valence-electron chi connectivity index (χ2n) is 8.41. The van der Waals surface area contributed by atoms with Crippen LogP contribution in [0, 0.1) is 11.3 Å². The molecule has 0 saturated heterocycles. The molecule has 134 valence electrons. The molecule has 0 fully saturated rings. The highest BCUT2D eigenvalue weighted by Gasteiger charge is 2.31. The predicted octanol–water partition coefficient (Wildman–Crippen LogP) is 1.59. The van der Waals surface area contributed by atoms with E-state index >= 15 is 0 Å². The van der Waals surface area contributed by atoms with Crippen molar-refractivity contribution in [2.45, 2.75) is 79.9 Å². The second-order valence-corrected chi connectivity index (χ2v) is 8.41. The molecule has 0 aliphatic rings. The van der Waals surface area contributed by atoms with Gasteiger partial charge in [-0.25, -0.2) is 0 Å². The predicted molar refractivity (Wildman–Crippen MR) is 91.7 cm³/mol. The first-order chi connectivity index (χ1) is 10.1. The Balaban J connectivity index is 4.87. The van der Waals surface area contributed by atoms with E-state index in [9.17, 15) is 14.4 Å². The summed E-state index contributed by atoms with van der Waals surface area (Å²) in [5.74, 6) is -0.887. The summed E-state index contributed by atoms with van der Waals surface area (Å²) in [5.41, 5.74) is -0.948. The summed E-state index contributed by atoms with van der Waals surface area (Å²) in [7, 11) is 0. The third kappa shape index (κ3) is 8.00. The standard InChI is InChI=1S/C17H33N3O3/c1-10(2)12(19-15(23)16(4,5)6)14(22)18-11(3)13(21)20-17(7,8)9/h10-12H,1-9H3,(H,18,22)(H,19,23)(H,20,21). The van der Waals surface area contributed by atoms with Crippen LogP contribution in [-0.4, -0.2) is 35.3 Å². The van der Waals surface area contributed by atoms with E-state index in [1.807, 2.05) is 34.6 Å². The van der Waals surface area contributed by atoms with Gasteiger partial charge in [0.25, 0.3) is 0 Å². The number of carbonyl (C=O) groups is 3. The molecule has 2 atom stereocenters. The first-order valence-electron chi connectivity index (χ1n) is 8.08. The maximum atomic E-state index is 12.4. The van der Waals surface area contributed by atoms with E-state index in [1.165, 1.54) is 0 Å². The Bertz CT molecular complexity index is 445. The Morgan fingerprint density at radius 2 is 1.26 bits per heavy atom. The average Bonchev–Trinajstić information content (AvgIpc) is 2.31. The van der Waals surface area contributed by atoms with Crippen LogP contribution in [0.3, 0.4) is 0 Å². The van der Waals surface area contributed by atoms with Gasteiger partial charge in [-0.3, -0.25) is 14.4 Å². The molecule has 0 saturated carbocycles. The molecule has 0 aromatic rings. The van der Waals surface area contributed by atoms with Crippen LogP contribution in [0.5, 0.6) is 0 Å². The summed E-state index contributed by atoms with van der Waals surface area (Å²) in [6, 6.07) is -1.35. The number of hydrogen-bond acceptors (Lipinski definition) is 3. The number of hydrogen-bond donors (Lipinski definition) is 3. The lowest BCUT2D eigenvalue weighted by molar-refractivity contribution is -0.135. The van der Waals surface area contributed by atoms with Crippen molar-refractivity contribution in [1.29, 1.82) is 0 Å². The molecule has 0 aromatic heterocycles. The molecular weight excluding hydrogens is 294 g/mol. The third-order valence-electron chi connectivity index (χ3n) is 3.17. The van der Waals surface area contributed by atoms with E-state index in [-0.39, 0.29) is 29.2 Å². The molecule has 0 aromatic carbocycles. The molecule has 6 nitrogen and oxygen atoms in total. The molecule has 0 radical (unpaired) electrons. The molecule has 0 bridgehead atoms. The maximum absolute atomic E-state index is 12.4. The van der Waals surface area contributed by atoms with Gasteiger partial charge in [-0.15, -0.1) is 0 Å². The molecule has 0 aliphatic carbocycles. The van der Waals surface area contributed by atoms with E-state index in [1.54, 1.807) is 27.7 Å². The summed E-state index contributed by atoms with van der Waals surface area (Å²) in [5, 5.41) is 8.26. The van der Waals surface area contributed by atoms with E-state index < -0.39 is 17.5 Å². The van der Waals surface area contributed by atoms with E-state index in [2.05, 4.69) is 16.0 Å². The summed E-state index contributed by atoms with van der Waals surface area (Å²) < 4.78 is 0. The largest absolute Gasteiger partial charge is 0.350 e. The fourth-order valence-corrected chi connectivity index (χ4v) is 1.74. The molecule has 2 unspecified atom stereocenters. The van der Waals surface area contributed by atoms with Gasteiger partial charge in [0.1, 0.15) is 12.1 Å². The molecular formula is C17H33N3O3. The molecule has 3 amide bonds. The lowest BCUT2D eigenvalue weighted by atomic mass is 9.93. The zero-order valence-electron chi connectivity index (χ0n) is 16.0. The van der Waals surface area contributed by atoms with Crippen LogP contribution in [0.4, 0.5) is 0 Å². The Morgan fingerprint density at radius 3 is 1.61 bits per heavy atom. The zero-order valence-corrected chi connectivity index (χ0v) is 16.0. The first-order valence-corrected chi connectivity index (χ1v) is 8.08. The summed E-state index contributed by atoms with van der Waals surface area (Å²) in [6.07, 6.45) is 0. The highest BCUT2D eigenvalue weighted by atomic mass is 16.2. The van der Waals surface area contributed by atoms with Crippen LogP contribution in [0.1, 0.15) is 62.3 Å². The van der Waals surface area contributed by atoms with Crippen molar-refractivity contribution in [3.63, 3.8) is 0 Å². The van der Waals surface area contributed by atoms with Crippen LogP contribution in [0.2, 0.25) is 0 Å². The van der Waals surface area contributed by atoms with E-state index in [4.69, 9.17) is 0 Å². The summed E-state index contributed by atoms with van der Waals surface area (Å²) in [6.45, 7) is 16.3. The minimum atomic E-state index is -0.674. The molecule has 0 spiro atoms. The highest BCUT2D eigenvalue weighted by Crippen LogP contribution is 2.14. The summed E-state index contributed by atoms with van der Waals surface area (Å²) in [4.78, 5) is 36.6. The molecule has 0 aliphatic heterocycles. The number of rotatable bonds is 5. The van der Waals surface area contributed by atoms with Gasteiger partial charge in [0, 0.05) is 11.0 Å². The van der Waals surface area contributed by atoms with Gasteiger partial charge < -0.3 is 16.0 Å². The van der Waals surface area contributed by atoms with Gasteiger partial charge in [-0.1, -0.05) is 34.6 Å². The smallest absolute Gasteiger partial charge is 0.243 e. The normalized spacial score (nSPS) is 14.9. The van der Waals surface area contributed by atoms with Crippen molar-refractivity contribution in [3.8, 4) is 0 Å². The second kappa shape index (κ2) is 7.79. The topological polar surface area (TPSA) is 87.3 Å². The van der Waals surface area contributed by atoms with Gasteiger partial charge in [0.15, 0.2) is 0 Å². The lowest BCUT2D eigenvalue weighted by Crippen LogP contribution is -2.57. The molecule has 23 heavy (non-hydrogen) atoms. The zero-order chi connectivity index (χ0) is 18.6. The van der Waals surface area contributed by atoms with Crippen LogP contribution in [-0.2, 0) is 14.4 Å². The van der Waals surface area contributed by atoms with E-state index in [0.29, 0.717) is 0 Å². The van der Waals surface area contributed by atoms with Gasteiger partial charge >= 0.3 is 0 Å². The number of nitrogens with one attached hydrogen (secondary N) is 3.